The van der Waals surface area contributed by atoms with Crippen molar-refractivity contribution in [1.29, 1.82) is 0 Å². The average molecular weight is 474 g/mol. The average Bonchev–Trinajstić information content (AvgIpc) is 2.94. The summed E-state index contributed by atoms with van der Waals surface area (Å²) in [7, 11) is -0.333. The summed E-state index contributed by atoms with van der Waals surface area (Å²) in [6.07, 6.45) is 15.8. The molecular formula is C28H47NSiTi. The van der Waals surface area contributed by atoms with Crippen LogP contribution in [0.4, 0.5) is 0 Å². The van der Waals surface area contributed by atoms with E-state index in [0.29, 0.717) is 5.92 Å². The molecule has 2 aliphatic carbocycles. The van der Waals surface area contributed by atoms with Gasteiger partial charge in [0.1, 0.15) is 0 Å². The molecule has 3 rings (SSSR count). The Morgan fingerprint density at radius 3 is 1.77 bits per heavy atom. The Balaban J connectivity index is 1.84. The Labute approximate surface area is 198 Å². The van der Waals surface area contributed by atoms with Gasteiger partial charge in [-0.15, -0.1) is 0 Å². The van der Waals surface area contributed by atoms with Gasteiger partial charge < -0.3 is 0 Å². The quantitative estimate of drug-likeness (QED) is 0.453. The van der Waals surface area contributed by atoms with Crippen LogP contribution >= 0.6 is 0 Å². The van der Waals surface area contributed by atoms with Crippen LogP contribution in [-0.2, 0) is 16.1 Å². The zero-order valence-electron chi connectivity index (χ0n) is 21.0. The Kier molecular flexibility index (Phi) is 9.90. The van der Waals surface area contributed by atoms with Crippen LogP contribution in [0.25, 0.3) is 0 Å². The number of allylic oxidation sites excluding steroid dienone is 4. The Bertz CT molecular complexity index is 756. The van der Waals surface area contributed by atoms with Gasteiger partial charge in [-0.05, 0) is 0 Å². The fourth-order valence-corrected chi connectivity index (χ4v) is 23.2. The van der Waals surface area contributed by atoms with Crippen molar-refractivity contribution >= 4 is 12.6 Å². The van der Waals surface area contributed by atoms with Crippen LogP contribution in [0.15, 0.2) is 50.9 Å². The third-order valence-corrected chi connectivity index (χ3v) is 22.2. The van der Waals surface area contributed by atoms with Gasteiger partial charge in [-0.25, -0.2) is 0 Å². The first kappa shape index (κ1) is 25.2. The molecule has 2 aliphatic rings. The molecule has 2 unspecified atom stereocenters. The number of nitrogens with one attached hydrogen (secondary N) is 1. The molecule has 3 heteroatoms. The number of hydrogen-bond acceptors (Lipinski definition) is 1. The van der Waals surface area contributed by atoms with E-state index in [1.54, 1.807) is 21.9 Å². The molecular weight excluding hydrogens is 426 g/mol. The number of benzene rings is 1. The van der Waals surface area contributed by atoms with Crippen LogP contribution < -0.4 is 8.99 Å². The van der Waals surface area contributed by atoms with Crippen molar-refractivity contribution in [3.63, 3.8) is 0 Å². The van der Waals surface area contributed by atoms with Crippen LogP contribution in [0.5, 0.6) is 0 Å². The maximum absolute atomic E-state index is 4.54. The van der Waals surface area contributed by atoms with Crippen molar-refractivity contribution in [1.82, 2.24) is 3.80 Å². The summed E-state index contributed by atoms with van der Waals surface area (Å²) in [6.45, 7) is 9.69. The van der Waals surface area contributed by atoms with Crippen LogP contribution in [0.2, 0.25) is 5.23 Å². The summed E-state index contributed by atoms with van der Waals surface area (Å²) >= 11 is -2.37. The summed E-state index contributed by atoms with van der Waals surface area (Å²) in [5.74, 6) is 0.653. The van der Waals surface area contributed by atoms with Crippen LogP contribution in [-0.4, -0.2) is 13.4 Å². The molecule has 0 amide bonds. The van der Waals surface area contributed by atoms with Crippen molar-refractivity contribution in [2.75, 3.05) is 0 Å². The monoisotopic (exact) mass is 473 g/mol. The third-order valence-electron chi connectivity index (χ3n) is 8.26. The van der Waals surface area contributed by atoms with Gasteiger partial charge in [0.05, 0.1) is 0 Å². The van der Waals surface area contributed by atoms with Gasteiger partial charge in [0.15, 0.2) is 0 Å². The van der Waals surface area contributed by atoms with Gasteiger partial charge in [0.25, 0.3) is 0 Å². The van der Waals surface area contributed by atoms with Gasteiger partial charge in [-0.3, -0.25) is 0 Å². The zero-order chi connectivity index (χ0) is 22.3. The second-order valence-corrected chi connectivity index (χ2v) is 24.8. The Morgan fingerprint density at radius 2 is 1.29 bits per heavy atom. The molecule has 1 saturated carbocycles. The van der Waals surface area contributed by atoms with Crippen molar-refractivity contribution in [3.8, 4) is 0 Å². The maximum atomic E-state index is 4.54. The first-order valence-corrected chi connectivity index (χ1v) is 21.0. The predicted molar refractivity (Wildman–Crippen MR) is 138 cm³/mol. The van der Waals surface area contributed by atoms with E-state index in [1.807, 2.05) is 3.88 Å². The minimum absolute atomic E-state index is 0.333. The van der Waals surface area contributed by atoms with E-state index in [2.05, 4.69) is 67.1 Å². The predicted octanol–water partition coefficient (Wildman–Crippen LogP) is 7.04. The molecule has 1 fully saturated rings. The van der Waals surface area contributed by atoms with Gasteiger partial charge in [0.2, 0.25) is 0 Å². The molecule has 1 N–H and O–H groups in total. The molecule has 0 bridgehead atoms. The molecule has 1 aromatic rings. The standard InChI is InChI=1S/C12H24N.C9H13.C6H7Si.CH3.Ti/c13-12-10-8-6-4-2-1-3-5-7-9-11-12;1-6-5-7(2)9(4)8(6)3;7-6-4-2-1-3-5-6;;/h12-13H,1-11H2;6H,1-4H3;1-5H,7H2;1H3;/q-1;;;;+1. The van der Waals surface area contributed by atoms with Crippen molar-refractivity contribution in [2.24, 2.45) is 5.92 Å². The topological polar surface area (TPSA) is 12.0 Å². The molecule has 0 aliphatic heterocycles. The van der Waals surface area contributed by atoms with E-state index in [0.717, 1.165) is 6.04 Å². The second-order valence-electron chi connectivity index (χ2n) is 10.7. The SMILES string of the molecule is CC1=C(C)C(C)[C]([Ti]([CH3])([NH]C2CCCCCCCCCCC2)[SiH2]c2ccccc2)=C1C. The van der Waals surface area contributed by atoms with Gasteiger partial charge in [-0.1, -0.05) is 0 Å². The van der Waals surface area contributed by atoms with Crippen molar-refractivity contribution in [3.05, 3.63) is 50.9 Å². The first-order valence-electron chi connectivity index (χ1n) is 13.1. The van der Waals surface area contributed by atoms with Crippen LogP contribution in [0.3, 0.4) is 0 Å². The summed E-state index contributed by atoms with van der Waals surface area (Å²) in [6, 6.07) is 12.3. The van der Waals surface area contributed by atoms with E-state index >= 15 is 0 Å². The molecule has 0 aromatic heterocycles. The van der Waals surface area contributed by atoms with E-state index in [9.17, 15) is 0 Å². The molecule has 0 saturated heterocycles. The number of rotatable bonds is 5. The molecule has 0 radical (unpaired) electrons. The molecule has 172 valence electrons. The third kappa shape index (κ3) is 6.79. The molecule has 0 spiro atoms. The molecule has 1 nitrogen and oxygen atoms in total. The van der Waals surface area contributed by atoms with E-state index < -0.39 is 16.1 Å². The van der Waals surface area contributed by atoms with Crippen molar-refractivity contribution in [2.45, 2.75) is 110 Å². The summed E-state index contributed by atoms with van der Waals surface area (Å²) in [5.41, 5.74) is 4.87. The van der Waals surface area contributed by atoms with Gasteiger partial charge in [0, 0.05) is 0 Å². The number of hydrogen-bond donors (Lipinski definition) is 1. The van der Waals surface area contributed by atoms with Crippen molar-refractivity contribution < 1.29 is 16.1 Å². The molecule has 1 aromatic carbocycles. The fraction of sp³-hybridized carbons (Fsp3) is 0.643. The van der Waals surface area contributed by atoms with E-state index in [1.165, 1.54) is 70.6 Å². The van der Waals surface area contributed by atoms with Gasteiger partial charge >= 0.3 is 199 Å². The Morgan fingerprint density at radius 1 is 0.774 bits per heavy atom. The van der Waals surface area contributed by atoms with E-state index in [-0.39, 0.29) is 7.39 Å². The summed E-state index contributed by atoms with van der Waals surface area (Å²) in [5, 5.41) is 4.41. The Hall–Kier alpha value is -0.409. The fourth-order valence-electron chi connectivity index (χ4n) is 6.24. The van der Waals surface area contributed by atoms with Gasteiger partial charge in [-0.2, -0.15) is 0 Å². The molecule has 31 heavy (non-hydrogen) atoms. The summed E-state index contributed by atoms with van der Waals surface area (Å²) in [4.78, 5) is 0. The second kappa shape index (κ2) is 12.2. The zero-order valence-corrected chi connectivity index (χ0v) is 24.0. The minimum atomic E-state index is -2.37. The molecule has 2 atom stereocenters. The first-order chi connectivity index (χ1) is 14.9. The molecule has 0 heterocycles. The van der Waals surface area contributed by atoms with E-state index in [4.69, 9.17) is 0 Å². The van der Waals surface area contributed by atoms with Crippen LogP contribution in [0.1, 0.15) is 98.3 Å². The normalized spacial score (nSPS) is 25.0. The summed E-state index contributed by atoms with van der Waals surface area (Å²) < 4.78 is 6.43. The van der Waals surface area contributed by atoms with Crippen LogP contribution in [0, 0.1) is 5.92 Å².